The van der Waals surface area contributed by atoms with Gasteiger partial charge in [0.25, 0.3) is 0 Å². The van der Waals surface area contributed by atoms with Gasteiger partial charge in [0.05, 0.1) is 0 Å². The number of carbonyl (C=O) groups is 2. The van der Waals surface area contributed by atoms with Crippen molar-refractivity contribution in [2.45, 2.75) is 0 Å². The van der Waals surface area contributed by atoms with Crippen molar-refractivity contribution in [2.24, 2.45) is 0 Å². The van der Waals surface area contributed by atoms with E-state index in [-0.39, 0.29) is 68.9 Å². The summed E-state index contributed by atoms with van der Waals surface area (Å²) in [6.45, 7) is 0. The molecule has 0 bridgehead atoms. The molecular weight excluding hydrogens is 253 g/mol. The van der Waals surface area contributed by atoms with Crippen molar-refractivity contribution in [3.05, 3.63) is 0 Å². The van der Waals surface area contributed by atoms with Crippen molar-refractivity contribution < 1.29 is 30.0 Å². The van der Waals surface area contributed by atoms with Gasteiger partial charge in [-0.1, -0.05) is 0 Å². The van der Waals surface area contributed by atoms with Gasteiger partial charge in [0, 0.05) is 0 Å². The first-order valence-electron chi connectivity index (χ1n) is 1.30. The van der Waals surface area contributed by atoms with E-state index in [1.54, 1.807) is 0 Å². The molecule has 9 heavy (non-hydrogen) atoms. The summed E-state index contributed by atoms with van der Waals surface area (Å²) in [7, 11) is 0. The zero-order chi connectivity index (χ0) is 7.15. The Balaban J connectivity index is -0.0000000720. The van der Waals surface area contributed by atoms with Gasteiger partial charge in [0.2, 0.25) is 0 Å². The second-order valence-electron chi connectivity index (χ2n) is 0.565. The van der Waals surface area contributed by atoms with Crippen LogP contribution in [0.4, 0.5) is 9.59 Å². The van der Waals surface area contributed by atoms with Crippen LogP contribution >= 0.6 is 0 Å². The van der Waals surface area contributed by atoms with Crippen LogP contribution in [0.25, 0.3) is 0 Å². The van der Waals surface area contributed by atoms with E-state index in [9.17, 15) is 0 Å². The van der Waals surface area contributed by atoms with Gasteiger partial charge in [-0.05, 0) is 0 Å². The van der Waals surface area contributed by atoms with E-state index in [0.717, 1.165) is 0 Å². The monoisotopic (exact) mass is 258 g/mol. The average Bonchev–Trinajstić information content (AvgIpc) is 1.25. The molecule has 0 fully saturated rings. The van der Waals surface area contributed by atoms with E-state index in [2.05, 4.69) is 0 Å². The minimum absolute atomic E-state index is 0. The Morgan fingerprint density at radius 1 is 0.778 bits per heavy atom. The molecule has 0 aromatic carbocycles. The number of rotatable bonds is 0. The summed E-state index contributed by atoms with van der Waals surface area (Å²) in [4.78, 5) is 17.1. The molecule has 0 amide bonds. The van der Waals surface area contributed by atoms with E-state index in [4.69, 9.17) is 30.0 Å². The Morgan fingerprint density at radius 2 is 0.778 bits per heavy atom. The van der Waals surface area contributed by atoms with E-state index in [1.165, 1.54) is 0 Å². The maximum absolute atomic E-state index is 8.56. The third-order valence-electron chi connectivity index (χ3n) is 0. The van der Waals surface area contributed by atoms with Crippen LogP contribution in [0, 0.1) is 0 Å². The number of hydrogen-bond acceptors (Lipinski definition) is 2. The van der Waals surface area contributed by atoms with Crippen molar-refractivity contribution in [1.82, 2.24) is 0 Å². The van der Waals surface area contributed by atoms with Gasteiger partial charge < -0.3 is 20.4 Å². The fourth-order valence-corrected chi connectivity index (χ4v) is 0. The fraction of sp³-hybridized carbons (Fsp3) is 0. The zero-order valence-corrected chi connectivity index (χ0v) is 3.61. The molecule has 7 heteroatoms. The van der Waals surface area contributed by atoms with Crippen molar-refractivity contribution in [3.8, 4) is 0 Å². The minimum atomic E-state index is -1.83. The standard InChI is InChI=1S/2CH2O3.Cs.H/c2*2-1(3)4;;/h2*(H2,2,3,4);;. The second kappa shape index (κ2) is 11.4. The first-order chi connectivity index (χ1) is 3.46. The van der Waals surface area contributed by atoms with E-state index in [1.807, 2.05) is 0 Å². The van der Waals surface area contributed by atoms with Crippen molar-refractivity contribution >= 4 is 81.2 Å². The van der Waals surface area contributed by atoms with Gasteiger partial charge in [-0.2, -0.15) is 0 Å². The maximum atomic E-state index is 8.56. The van der Waals surface area contributed by atoms with Crippen molar-refractivity contribution in [3.63, 3.8) is 0 Å². The molecule has 0 aromatic rings. The fourth-order valence-electron chi connectivity index (χ4n) is 0. The molecule has 0 saturated heterocycles. The molecule has 0 rings (SSSR count). The van der Waals surface area contributed by atoms with E-state index < -0.39 is 12.3 Å². The summed E-state index contributed by atoms with van der Waals surface area (Å²) >= 11 is 0. The molecule has 6 nitrogen and oxygen atoms in total. The molecule has 0 aromatic heterocycles. The van der Waals surface area contributed by atoms with Gasteiger partial charge in [0.1, 0.15) is 0 Å². The summed E-state index contributed by atoms with van der Waals surface area (Å²) < 4.78 is 0. The average molecular weight is 258 g/mol. The second-order valence-corrected chi connectivity index (χ2v) is 0.565. The molecular formula is C2H5CsO6. The summed E-state index contributed by atoms with van der Waals surface area (Å²) in [6, 6.07) is 0. The summed E-state index contributed by atoms with van der Waals surface area (Å²) in [5.41, 5.74) is 0. The summed E-state index contributed by atoms with van der Waals surface area (Å²) in [6.07, 6.45) is -3.67. The molecule has 0 unspecified atom stereocenters. The molecule has 4 N–H and O–H groups in total. The quantitative estimate of drug-likeness (QED) is 0.478. The van der Waals surface area contributed by atoms with Crippen LogP contribution < -0.4 is 0 Å². The number of carboxylic acid groups (broad SMARTS) is 4. The third-order valence-corrected chi connectivity index (χ3v) is 0. The molecule has 0 aliphatic carbocycles. The predicted molar refractivity (Wildman–Crippen MR) is 28.5 cm³/mol. The first kappa shape index (κ1) is 16.3. The van der Waals surface area contributed by atoms with Crippen LogP contribution in [0.3, 0.4) is 0 Å². The van der Waals surface area contributed by atoms with Gasteiger partial charge in [-0.3, -0.25) is 0 Å². The number of hydrogen-bond donors (Lipinski definition) is 4. The first-order valence-corrected chi connectivity index (χ1v) is 1.30. The molecule has 0 radical (unpaired) electrons. The molecule has 0 aliphatic rings. The Bertz CT molecular complexity index is 69.1. The third kappa shape index (κ3) is 1070. The Hall–Kier alpha value is 0.592. The molecule has 0 heterocycles. The van der Waals surface area contributed by atoms with Crippen LogP contribution in [-0.4, -0.2) is 102 Å². The van der Waals surface area contributed by atoms with Crippen molar-refractivity contribution in [1.29, 1.82) is 0 Å². The van der Waals surface area contributed by atoms with Crippen LogP contribution in [0.1, 0.15) is 0 Å². The summed E-state index contributed by atoms with van der Waals surface area (Å²) in [5.74, 6) is 0. The molecule has 0 atom stereocenters. The van der Waals surface area contributed by atoms with E-state index >= 15 is 0 Å². The molecule has 0 aliphatic heterocycles. The van der Waals surface area contributed by atoms with Gasteiger partial charge in [-0.25, -0.2) is 9.59 Å². The Morgan fingerprint density at radius 3 is 0.778 bits per heavy atom. The van der Waals surface area contributed by atoms with Crippen molar-refractivity contribution in [2.75, 3.05) is 0 Å². The molecule has 50 valence electrons. The van der Waals surface area contributed by atoms with Crippen LogP contribution in [0.15, 0.2) is 0 Å². The van der Waals surface area contributed by atoms with Crippen LogP contribution in [-0.2, 0) is 0 Å². The van der Waals surface area contributed by atoms with Crippen LogP contribution in [0.5, 0.6) is 0 Å². The SMILES string of the molecule is O=C(O)O.O=C(O)O.[CsH]. The summed E-state index contributed by atoms with van der Waals surface area (Å²) in [5, 5.41) is 27.9. The topological polar surface area (TPSA) is 115 Å². The predicted octanol–water partition coefficient (Wildman–Crippen LogP) is -0.204. The van der Waals surface area contributed by atoms with Gasteiger partial charge >= 0.3 is 81.2 Å². The molecule has 0 spiro atoms. The molecule has 0 saturated carbocycles. The van der Waals surface area contributed by atoms with Gasteiger partial charge in [-0.15, -0.1) is 0 Å². The van der Waals surface area contributed by atoms with E-state index in [0.29, 0.717) is 0 Å². The Kier molecular flexibility index (Phi) is 20.6. The van der Waals surface area contributed by atoms with Crippen LogP contribution in [0.2, 0.25) is 0 Å². The zero-order valence-electron chi connectivity index (χ0n) is 3.61. The Labute approximate surface area is 109 Å². The van der Waals surface area contributed by atoms with Gasteiger partial charge in [0.15, 0.2) is 0 Å². The normalized spacial score (nSPS) is 5.33.